The molecule has 146 valence electrons. The first kappa shape index (κ1) is 21.0. The van der Waals surface area contributed by atoms with Gasteiger partial charge < -0.3 is 14.5 Å². The van der Waals surface area contributed by atoms with Crippen LogP contribution in [-0.2, 0) is 4.74 Å². The zero-order chi connectivity index (χ0) is 19.9. The molecule has 1 N–H and O–H groups in total. The van der Waals surface area contributed by atoms with E-state index in [0.717, 1.165) is 5.56 Å². The summed E-state index contributed by atoms with van der Waals surface area (Å²) in [4.78, 5) is 12.1. The first-order chi connectivity index (χ1) is 12.7. The molecule has 6 nitrogen and oxygen atoms in total. The molecule has 1 aromatic carbocycles. The van der Waals surface area contributed by atoms with Crippen molar-refractivity contribution in [1.29, 1.82) is 0 Å². The lowest BCUT2D eigenvalue weighted by Crippen LogP contribution is -2.37. The molecule has 27 heavy (non-hydrogen) atoms. The summed E-state index contributed by atoms with van der Waals surface area (Å²) in [6, 6.07) is 9.68. The summed E-state index contributed by atoms with van der Waals surface area (Å²) < 4.78 is 11.0. The van der Waals surface area contributed by atoms with Gasteiger partial charge in [-0.3, -0.25) is 0 Å². The van der Waals surface area contributed by atoms with Crippen LogP contribution in [0.1, 0.15) is 52.1 Å². The number of ether oxygens (including phenoxy) is 1. The maximum atomic E-state index is 12.1. The number of aromatic nitrogens is 2. The number of rotatable bonds is 7. The molecule has 1 aromatic heterocycles. The summed E-state index contributed by atoms with van der Waals surface area (Å²) >= 11 is 1.45. The molecule has 1 heterocycles. The summed E-state index contributed by atoms with van der Waals surface area (Å²) in [5, 5.41) is 11.4. The maximum Gasteiger partial charge on any atom is 0.408 e. The van der Waals surface area contributed by atoms with Gasteiger partial charge in [0.15, 0.2) is 0 Å². The van der Waals surface area contributed by atoms with Crippen molar-refractivity contribution in [3.8, 4) is 0 Å². The Bertz CT molecular complexity index is 751. The van der Waals surface area contributed by atoms with Crippen LogP contribution in [0.3, 0.4) is 0 Å². The third-order valence-electron chi connectivity index (χ3n) is 3.44. The fourth-order valence-electron chi connectivity index (χ4n) is 2.22. The Labute approximate surface area is 164 Å². The van der Waals surface area contributed by atoms with Gasteiger partial charge in [0, 0.05) is 5.75 Å². The highest BCUT2D eigenvalue weighted by atomic mass is 32.2. The van der Waals surface area contributed by atoms with Gasteiger partial charge in [-0.15, -0.1) is 10.2 Å². The average Bonchev–Trinajstić information content (AvgIpc) is 3.04. The molecule has 0 spiro atoms. The van der Waals surface area contributed by atoms with Crippen LogP contribution in [0.5, 0.6) is 0 Å². The monoisotopic (exact) mass is 389 g/mol. The van der Waals surface area contributed by atoms with Gasteiger partial charge in [-0.25, -0.2) is 4.79 Å². The number of thioether (sulfide) groups is 1. The fraction of sp³-hybridized carbons (Fsp3) is 0.450. The Morgan fingerprint density at radius 2 is 1.96 bits per heavy atom. The lowest BCUT2D eigenvalue weighted by molar-refractivity contribution is 0.0477. The van der Waals surface area contributed by atoms with Crippen LogP contribution in [0.4, 0.5) is 4.79 Å². The van der Waals surface area contributed by atoms with Gasteiger partial charge in [0.05, 0.1) is 0 Å². The van der Waals surface area contributed by atoms with Crippen molar-refractivity contribution >= 4 is 23.9 Å². The van der Waals surface area contributed by atoms with Crippen molar-refractivity contribution < 1.29 is 13.9 Å². The molecule has 0 radical (unpaired) electrons. The second-order valence-electron chi connectivity index (χ2n) is 7.40. The molecule has 0 saturated carbocycles. The third-order valence-corrected chi connectivity index (χ3v) is 4.21. The van der Waals surface area contributed by atoms with Crippen LogP contribution >= 0.6 is 11.8 Å². The molecule has 0 saturated heterocycles. The molecular weight excluding hydrogens is 362 g/mol. The molecular formula is C20H27N3O3S. The van der Waals surface area contributed by atoms with Crippen LogP contribution in [0.2, 0.25) is 0 Å². The van der Waals surface area contributed by atoms with Gasteiger partial charge in [0.2, 0.25) is 5.89 Å². The molecule has 1 atom stereocenters. The zero-order valence-corrected chi connectivity index (χ0v) is 17.2. The highest BCUT2D eigenvalue weighted by molar-refractivity contribution is 7.99. The molecule has 1 unspecified atom stereocenters. The lowest BCUT2D eigenvalue weighted by atomic mass is 10.1. The van der Waals surface area contributed by atoms with Crippen molar-refractivity contribution in [1.82, 2.24) is 15.5 Å². The van der Waals surface area contributed by atoms with Crippen LogP contribution in [0.15, 0.2) is 46.0 Å². The number of nitrogens with one attached hydrogen (secondary N) is 1. The summed E-state index contributed by atoms with van der Waals surface area (Å²) in [5.74, 6) is 1.17. The van der Waals surface area contributed by atoms with E-state index in [1.165, 1.54) is 11.8 Å². The number of carbonyl (C=O) groups excluding carboxylic acids is 1. The lowest BCUT2D eigenvalue weighted by Gasteiger charge is -2.23. The smallest absolute Gasteiger partial charge is 0.408 e. The van der Waals surface area contributed by atoms with Gasteiger partial charge in [0.25, 0.3) is 5.22 Å². The van der Waals surface area contributed by atoms with E-state index >= 15 is 0 Å². The quantitative estimate of drug-likeness (QED) is 0.664. The van der Waals surface area contributed by atoms with Crippen molar-refractivity contribution in [3.05, 3.63) is 47.9 Å². The molecule has 0 bridgehead atoms. The van der Waals surface area contributed by atoms with Gasteiger partial charge >= 0.3 is 6.09 Å². The van der Waals surface area contributed by atoms with Gasteiger partial charge in [0.1, 0.15) is 11.6 Å². The Kier molecular flexibility index (Phi) is 7.47. The molecule has 0 fully saturated rings. The van der Waals surface area contributed by atoms with E-state index in [9.17, 15) is 4.79 Å². The molecule has 0 aliphatic heterocycles. The number of amides is 1. The highest BCUT2D eigenvalue weighted by Gasteiger charge is 2.26. The van der Waals surface area contributed by atoms with Crippen LogP contribution in [0, 0.1) is 5.92 Å². The summed E-state index contributed by atoms with van der Waals surface area (Å²) in [5.41, 5.74) is 0.581. The fourth-order valence-corrected chi connectivity index (χ4v) is 2.80. The standard InChI is InChI=1S/C20H27N3O3S/c1-14(2)16(21-18(24)26-20(3,4)5)17-22-23-19(25-17)27-13-9-12-15-10-7-6-8-11-15/h6-12,14,16H,13H2,1-5H3,(H,21,24). The van der Waals surface area contributed by atoms with Gasteiger partial charge in [-0.05, 0) is 32.3 Å². The van der Waals surface area contributed by atoms with E-state index < -0.39 is 17.7 Å². The van der Waals surface area contributed by atoms with Crippen molar-refractivity contribution in [3.63, 3.8) is 0 Å². The Hall–Kier alpha value is -2.28. The van der Waals surface area contributed by atoms with E-state index in [4.69, 9.17) is 9.15 Å². The minimum Gasteiger partial charge on any atom is -0.444 e. The second-order valence-corrected chi connectivity index (χ2v) is 8.37. The Morgan fingerprint density at radius 1 is 1.26 bits per heavy atom. The number of alkyl carbamates (subject to hydrolysis) is 1. The number of nitrogens with zero attached hydrogens (tertiary/aromatic N) is 2. The van der Waals surface area contributed by atoms with Crippen LogP contribution < -0.4 is 5.32 Å². The average molecular weight is 390 g/mol. The van der Waals surface area contributed by atoms with E-state index in [-0.39, 0.29) is 5.92 Å². The molecule has 0 aliphatic rings. The molecule has 0 aliphatic carbocycles. The second kappa shape index (κ2) is 9.60. The van der Waals surface area contributed by atoms with E-state index in [0.29, 0.717) is 16.9 Å². The van der Waals surface area contributed by atoms with Crippen molar-refractivity contribution in [2.45, 2.75) is 51.5 Å². The largest absolute Gasteiger partial charge is 0.444 e. The number of benzene rings is 1. The topological polar surface area (TPSA) is 77.2 Å². The first-order valence-electron chi connectivity index (χ1n) is 8.92. The van der Waals surface area contributed by atoms with Crippen molar-refractivity contribution in [2.24, 2.45) is 5.92 Å². The van der Waals surface area contributed by atoms with E-state index in [1.54, 1.807) is 0 Å². The minimum absolute atomic E-state index is 0.0776. The van der Waals surface area contributed by atoms with Gasteiger partial charge in [-0.2, -0.15) is 0 Å². The molecule has 2 aromatic rings. The van der Waals surface area contributed by atoms with Crippen molar-refractivity contribution in [2.75, 3.05) is 5.75 Å². The summed E-state index contributed by atoms with van der Waals surface area (Å²) in [6.07, 6.45) is 3.59. The Balaban J connectivity index is 1.92. The SMILES string of the molecule is CC(C)C(NC(=O)OC(C)(C)C)c1nnc(SCC=Cc2ccccc2)o1. The number of carbonyl (C=O) groups is 1. The summed E-state index contributed by atoms with van der Waals surface area (Å²) in [6.45, 7) is 9.41. The predicted octanol–water partition coefficient (Wildman–Crippen LogP) is 5.10. The normalized spacial score (nSPS) is 13.1. The molecule has 7 heteroatoms. The van der Waals surface area contributed by atoms with E-state index in [1.807, 2.05) is 77.1 Å². The first-order valence-corrected chi connectivity index (χ1v) is 9.90. The van der Waals surface area contributed by atoms with Crippen LogP contribution in [-0.4, -0.2) is 27.6 Å². The van der Waals surface area contributed by atoms with Crippen LogP contribution in [0.25, 0.3) is 6.08 Å². The number of hydrogen-bond acceptors (Lipinski definition) is 6. The van der Waals surface area contributed by atoms with E-state index in [2.05, 4.69) is 15.5 Å². The Morgan fingerprint density at radius 3 is 2.59 bits per heavy atom. The highest BCUT2D eigenvalue weighted by Crippen LogP contribution is 2.25. The zero-order valence-electron chi connectivity index (χ0n) is 16.4. The molecule has 1 amide bonds. The number of hydrogen-bond donors (Lipinski definition) is 1. The van der Waals surface area contributed by atoms with Gasteiger partial charge in [-0.1, -0.05) is 68.1 Å². The third kappa shape index (κ3) is 7.46. The maximum absolute atomic E-state index is 12.1. The summed E-state index contributed by atoms with van der Waals surface area (Å²) in [7, 11) is 0. The molecule has 2 rings (SSSR count). The minimum atomic E-state index is -0.563. The predicted molar refractivity (Wildman–Crippen MR) is 107 cm³/mol.